The maximum atomic E-state index is 9.56. The summed E-state index contributed by atoms with van der Waals surface area (Å²) < 4.78 is 0. The van der Waals surface area contributed by atoms with E-state index < -0.39 is 0 Å². The predicted octanol–water partition coefficient (Wildman–Crippen LogP) is 3.45. The molecular weight excluding hydrogens is 222 g/mol. The minimum absolute atomic E-state index is 0.0639. The van der Waals surface area contributed by atoms with Gasteiger partial charge in [0.25, 0.3) is 0 Å². The predicted molar refractivity (Wildman–Crippen MR) is 75.8 cm³/mol. The number of para-hydroxylation sites is 1. The lowest BCUT2D eigenvalue weighted by molar-refractivity contribution is 0.276. The van der Waals surface area contributed by atoms with Gasteiger partial charge >= 0.3 is 0 Å². The summed E-state index contributed by atoms with van der Waals surface area (Å²) in [6.45, 7) is 4.24. The third-order valence-electron chi connectivity index (χ3n) is 3.18. The summed E-state index contributed by atoms with van der Waals surface area (Å²) >= 11 is 0. The number of hydrogen-bond acceptors (Lipinski definition) is 2. The molecule has 2 aromatic rings. The van der Waals surface area contributed by atoms with Crippen LogP contribution in [0.1, 0.15) is 22.7 Å². The summed E-state index contributed by atoms with van der Waals surface area (Å²) in [6.07, 6.45) is 0. The van der Waals surface area contributed by atoms with E-state index in [9.17, 15) is 5.11 Å². The Balaban J connectivity index is 2.26. The fourth-order valence-corrected chi connectivity index (χ4v) is 2.14. The fraction of sp³-hybridized carbons (Fsp3) is 0.250. The number of aryl methyl sites for hydroxylation is 2. The van der Waals surface area contributed by atoms with Gasteiger partial charge in [0.1, 0.15) is 0 Å². The molecule has 0 aromatic heterocycles. The molecule has 94 valence electrons. The normalized spacial score (nSPS) is 12.2. The molecule has 0 aliphatic heterocycles. The Labute approximate surface area is 108 Å². The minimum atomic E-state index is -0.0639. The van der Waals surface area contributed by atoms with Gasteiger partial charge in [-0.15, -0.1) is 0 Å². The summed E-state index contributed by atoms with van der Waals surface area (Å²) in [4.78, 5) is 0. The number of benzene rings is 2. The van der Waals surface area contributed by atoms with Crippen LogP contribution in [0.5, 0.6) is 0 Å². The van der Waals surface area contributed by atoms with Gasteiger partial charge in [0.2, 0.25) is 0 Å². The zero-order valence-corrected chi connectivity index (χ0v) is 10.9. The third-order valence-corrected chi connectivity index (χ3v) is 3.18. The average molecular weight is 241 g/mol. The van der Waals surface area contributed by atoms with Crippen molar-refractivity contribution in [1.82, 2.24) is 0 Å². The molecule has 2 nitrogen and oxygen atoms in total. The van der Waals surface area contributed by atoms with Crippen LogP contribution in [0, 0.1) is 13.8 Å². The highest BCUT2D eigenvalue weighted by atomic mass is 16.3. The van der Waals surface area contributed by atoms with Gasteiger partial charge < -0.3 is 10.4 Å². The maximum absolute atomic E-state index is 9.56. The molecular formula is C16H19NO. The highest BCUT2D eigenvalue weighted by molar-refractivity contribution is 5.57. The molecule has 0 bridgehead atoms. The highest BCUT2D eigenvalue weighted by Gasteiger charge is 2.11. The number of aliphatic hydroxyl groups excluding tert-OH is 1. The zero-order valence-electron chi connectivity index (χ0n) is 10.9. The fourth-order valence-electron chi connectivity index (χ4n) is 2.14. The van der Waals surface area contributed by atoms with E-state index in [1.54, 1.807) is 0 Å². The molecule has 2 heteroatoms. The summed E-state index contributed by atoms with van der Waals surface area (Å²) in [5, 5.41) is 13.0. The maximum Gasteiger partial charge on any atom is 0.0745 e. The molecule has 2 aromatic carbocycles. The number of rotatable bonds is 4. The van der Waals surface area contributed by atoms with E-state index in [2.05, 4.69) is 31.3 Å². The van der Waals surface area contributed by atoms with E-state index in [1.165, 1.54) is 11.1 Å². The van der Waals surface area contributed by atoms with E-state index in [4.69, 9.17) is 0 Å². The SMILES string of the molecule is Cc1cccc(C)c1N[C@H](CO)c1ccccc1. The van der Waals surface area contributed by atoms with Crippen molar-refractivity contribution in [3.63, 3.8) is 0 Å². The van der Waals surface area contributed by atoms with Crippen molar-refractivity contribution >= 4 is 5.69 Å². The quantitative estimate of drug-likeness (QED) is 0.859. The van der Waals surface area contributed by atoms with Crippen LogP contribution < -0.4 is 5.32 Å². The van der Waals surface area contributed by atoms with Crippen LogP contribution in [0.4, 0.5) is 5.69 Å². The van der Waals surface area contributed by atoms with E-state index in [0.29, 0.717) is 0 Å². The van der Waals surface area contributed by atoms with Crippen molar-refractivity contribution in [1.29, 1.82) is 0 Å². The van der Waals surface area contributed by atoms with Crippen molar-refractivity contribution in [2.75, 3.05) is 11.9 Å². The van der Waals surface area contributed by atoms with Crippen molar-refractivity contribution in [3.8, 4) is 0 Å². The van der Waals surface area contributed by atoms with E-state index >= 15 is 0 Å². The molecule has 1 atom stereocenters. The van der Waals surface area contributed by atoms with Crippen molar-refractivity contribution in [2.24, 2.45) is 0 Å². The number of hydrogen-bond donors (Lipinski definition) is 2. The van der Waals surface area contributed by atoms with Crippen LogP contribution in [0.25, 0.3) is 0 Å². The first-order valence-electron chi connectivity index (χ1n) is 6.21. The Hall–Kier alpha value is -1.80. The standard InChI is InChI=1S/C16H19NO/c1-12-7-6-8-13(2)16(12)17-15(11-18)14-9-4-3-5-10-14/h3-10,15,17-18H,11H2,1-2H3/t15-/m1/s1. The lowest BCUT2D eigenvalue weighted by Crippen LogP contribution is -2.16. The summed E-state index contributed by atoms with van der Waals surface area (Å²) in [5.41, 5.74) is 4.61. The lowest BCUT2D eigenvalue weighted by atomic mass is 10.0. The molecule has 0 radical (unpaired) electrons. The molecule has 0 saturated carbocycles. The minimum Gasteiger partial charge on any atom is -0.394 e. The molecule has 0 aliphatic carbocycles. The van der Waals surface area contributed by atoms with Crippen LogP contribution >= 0.6 is 0 Å². The van der Waals surface area contributed by atoms with Gasteiger partial charge in [0.15, 0.2) is 0 Å². The summed E-state index contributed by atoms with van der Waals surface area (Å²) in [7, 11) is 0. The van der Waals surface area contributed by atoms with Crippen molar-refractivity contribution < 1.29 is 5.11 Å². The summed E-state index contributed by atoms with van der Waals surface area (Å²) in [6, 6.07) is 16.2. The van der Waals surface area contributed by atoms with Gasteiger partial charge in [0.05, 0.1) is 12.6 Å². The van der Waals surface area contributed by atoms with E-state index in [1.807, 2.05) is 36.4 Å². The Morgan fingerprint density at radius 2 is 1.56 bits per heavy atom. The third kappa shape index (κ3) is 2.71. The molecule has 0 heterocycles. The monoisotopic (exact) mass is 241 g/mol. The average Bonchev–Trinajstić information content (AvgIpc) is 2.40. The molecule has 0 amide bonds. The largest absolute Gasteiger partial charge is 0.394 e. The van der Waals surface area contributed by atoms with Gasteiger partial charge in [-0.1, -0.05) is 48.5 Å². The topological polar surface area (TPSA) is 32.3 Å². The van der Waals surface area contributed by atoms with Gasteiger partial charge in [0, 0.05) is 5.69 Å². The number of aliphatic hydroxyl groups is 1. The van der Waals surface area contributed by atoms with Gasteiger partial charge in [-0.05, 0) is 30.5 Å². The van der Waals surface area contributed by atoms with Crippen LogP contribution in [0.3, 0.4) is 0 Å². The van der Waals surface area contributed by atoms with E-state index in [0.717, 1.165) is 11.3 Å². The first-order chi connectivity index (χ1) is 8.72. The zero-order chi connectivity index (χ0) is 13.0. The second kappa shape index (κ2) is 5.69. The highest BCUT2D eigenvalue weighted by Crippen LogP contribution is 2.25. The molecule has 0 fully saturated rings. The number of nitrogens with one attached hydrogen (secondary N) is 1. The van der Waals surface area contributed by atoms with Gasteiger partial charge in [-0.2, -0.15) is 0 Å². The second-order valence-electron chi connectivity index (χ2n) is 4.56. The second-order valence-corrected chi connectivity index (χ2v) is 4.56. The van der Waals surface area contributed by atoms with Crippen molar-refractivity contribution in [3.05, 3.63) is 65.2 Å². The first-order valence-corrected chi connectivity index (χ1v) is 6.21. The molecule has 2 rings (SSSR count). The Kier molecular flexibility index (Phi) is 4.00. The van der Waals surface area contributed by atoms with E-state index in [-0.39, 0.29) is 12.6 Å². The number of anilines is 1. The molecule has 0 saturated heterocycles. The van der Waals surface area contributed by atoms with Gasteiger partial charge in [-0.25, -0.2) is 0 Å². The molecule has 0 spiro atoms. The van der Waals surface area contributed by atoms with Crippen LogP contribution in [-0.4, -0.2) is 11.7 Å². The molecule has 2 N–H and O–H groups in total. The Morgan fingerprint density at radius 1 is 0.944 bits per heavy atom. The molecule has 0 aliphatic rings. The Morgan fingerprint density at radius 3 is 2.11 bits per heavy atom. The van der Waals surface area contributed by atoms with Crippen LogP contribution in [0.2, 0.25) is 0 Å². The smallest absolute Gasteiger partial charge is 0.0745 e. The van der Waals surface area contributed by atoms with Crippen LogP contribution in [-0.2, 0) is 0 Å². The Bertz CT molecular complexity index is 488. The molecule has 18 heavy (non-hydrogen) atoms. The summed E-state index contributed by atoms with van der Waals surface area (Å²) in [5.74, 6) is 0. The first kappa shape index (κ1) is 12.7. The molecule has 0 unspecified atom stereocenters. The lowest BCUT2D eigenvalue weighted by Gasteiger charge is -2.21. The van der Waals surface area contributed by atoms with Crippen LogP contribution in [0.15, 0.2) is 48.5 Å². The van der Waals surface area contributed by atoms with Gasteiger partial charge in [-0.3, -0.25) is 0 Å². The van der Waals surface area contributed by atoms with Crippen molar-refractivity contribution in [2.45, 2.75) is 19.9 Å².